The molecule has 0 bridgehead atoms. The Morgan fingerprint density at radius 3 is 2.11 bits per heavy atom. The molecule has 0 fully saturated rings. The molecule has 0 radical (unpaired) electrons. The second kappa shape index (κ2) is 6.53. The highest BCUT2D eigenvalue weighted by atomic mass is 14.6. The highest BCUT2D eigenvalue weighted by Crippen LogP contribution is 2.20. The Bertz CT molecular complexity index is 513. The number of nitrogens with two attached hydrogens (primary N) is 1. The van der Waals surface area contributed by atoms with E-state index in [0.29, 0.717) is 0 Å². The summed E-state index contributed by atoms with van der Waals surface area (Å²) < 4.78 is 0. The van der Waals surface area contributed by atoms with Crippen molar-refractivity contribution in [3.8, 4) is 0 Å². The molecule has 0 aliphatic rings. The van der Waals surface area contributed by atoms with Crippen molar-refractivity contribution in [2.75, 3.05) is 0 Å². The van der Waals surface area contributed by atoms with Crippen LogP contribution in [0.1, 0.15) is 42.1 Å². The first kappa shape index (κ1) is 13.8. The van der Waals surface area contributed by atoms with Gasteiger partial charge in [-0.05, 0) is 41.5 Å². The lowest BCUT2D eigenvalue weighted by molar-refractivity contribution is 0.712. The fourth-order valence-corrected chi connectivity index (χ4v) is 2.49. The predicted octanol–water partition coefficient (Wildman–Crippen LogP) is 4.05. The highest BCUT2D eigenvalue weighted by molar-refractivity contribution is 5.32. The van der Waals surface area contributed by atoms with Crippen LogP contribution in [0.2, 0.25) is 0 Å². The number of rotatable bonds is 5. The average molecular weight is 253 g/mol. The first-order chi connectivity index (χ1) is 9.24. The molecule has 1 unspecified atom stereocenters. The van der Waals surface area contributed by atoms with Crippen LogP contribution in [-0.4, -0.2) is 0 Å². The Morgan fingerprint density at radius 2 is 1.47 bits per heavy atom. The zero-order chi connectivity index (χ0) is 13.7. The van der Waals surface area contributed by atoms with E-state index in [-0.39, 0.29) is 6.04 Å². The fourth-order valence-electron chi connectivity index (χ4n) is 2.49. The maximum atomic E-state index is 6.37. The number of benzene rings is 2. The van der Waals surface area contributed by atoms with E-state index in [9.17, 15) is 0 Å². The van der Waals surface area contributed by atoms with Crippen molar-refractivity contribution >= 4 is 0 Å². The van der Waals surface area contributed by atoms with Crippen LogP contribution in [0.3, 0.4) is 0 Å². The molecular weight excluding hydrogens is 230 g/mol. The molecule has 0 aromatic heterocycles. The standard InChI is InChI=1S/C18H23N/c1-3-14-9-11-15(12-10-14)13-18(19)17-8-6-5-7-16(17)4-2/h5-12,18H,3-4,13,19H2,1-2H3. The molecular formula is C18H23N. The monoisotopic (exact) mass is 253 g/mol. The number of hydrogen-bond acceptors (Lipinski definition) is 1. The zero-order valence-corrected chi connectivity index (χ0v) is 11.9. The van der Waals surface area contributed by atoms with Crippen molar-refractivity contribution in [2.24, 2.45) is 5.73 Å². The maximum absolute atomic E-state index is 6.37. The molecule has 0 saturated heterocycles. The van der Waals surface area contributed by atoms with Gasteiger partial charge in [0.2, 0.25) is 0 Å². The molecule has 2 aromatic carbocycles. The summed E-state index contributed by atoms with van der Waals surface area (Å²) in [4.78, 5) is 0. The SMILES string of the molecule is CCc1ccc(CC(N)c2ccccc2CC)cc1. The lowest BCUT2D eigenvalue weighted by Gasteiger charge is -2.16. The minimum atomic E-state index is 0.0867. The quantitative estimate of drug-likeness (QED) is 0.854. The Hall–Kier alpha value is -1.60. The van der Waals surface area contributed by atoms with Gasteiger partial charge in [-0.3, -0.25) is 0 Å². The first-order valence-corrected chi connectivity index (χ1v) is 7.15. The molecule has 0 spiro atoms. The van der Waals surface area contributed by atoms with Gasteiger partial charge >= 0.3 is 0 Å². The van der Waals surface area contributed by atoms with Crippen molar-refractivity contribution in [3.05, 3.63) is 70.8 Å². The number of hydrogen-bond donors (Lipinski definition) is 1. The van der Waals surface area contributed by atoms with E-state index >= 15 is 0 Å². The van der Waals surface area contributed by atoms with E-state index in [1.807, 2.05) is 0 Å². The molecule has 0 heterocycles. The van der Waals surface area contributed by atoms with Gasteiger partial charge in [-0.1, -0.05) is 62.4 Å². The molecule has 1 atom stereocenters. The summed E-state index contributed by atoms with van der Waals surface area (Å²) in [5.41, 5.74) is 11.7. The second-order valence-corrected chi connectivity index (χ2v) is 5.03. The first-order valence-electron chi connectivity index (χ1n) is 7.15. The molecule has 0 saturated carbocycles. The Balaban J connectivity index is 2.13. The fraction of sp³-hybridized carbons (Fsp3) is 0.333. The minimum Gasteiger partial charge on any atom is -0.324 e. The summed E-state index contributed by atoms with van der Waals surface area (Å²) >= 11 is 0. The van der Waals surface area contributed by atoms with E-state index in [0.717, 1.165) is 19.3 Å². The third kappa shape index (κ3) is 3.45. The van der Waals surface area contributed by atoms with E-state index in [1.54, 1.807) is 0 Å². The van der Waals surface area contributed by atoms with Crippen molar-refractivity contribution in [3.63, 3.8) is 0 Å². The predicted molar refractivity (Wildman–Crippen MR) is 82.3 cm³/mol. The summed E-state index contributed by atoms with van der Waals surface area (Å²) in [6.07, 6.45) is 3.03. The summed E-state index contributed by atoms with van der Waals surface area (Å²) in [7, 11) is 0. The smallest absolute Gasteiger partial charge is 0.0338 e. The van der Waals surface area contributed by atoms with Crippen LogP contribution in [0.5, 0.6) is 0 Å². The van der Waals surface area contributed by atoms with Gasteiger partial charge in [0.15, 0.2) is 0 Å². The Labute approximate surface area is 116 Å². The van der Waals surface area contributed by atoms with E-state index in [2.05, 4.69) is 62.4 Å². The van der Waals surface area contributed by atoms with Gasteiger partial charge in [0.05, 0.1) is 0 Å². The molecule has 100 valence electrons. The van der Waals surface area contributed by atoms with Crippen molar-refractivity contribution < 1.29 is 0 Å². The van der Waals surface area contributed by atoms with Crippen LogP contribution in [0.4, 0.5) is 0 Å². The molecule has 0 aliphatic carbocycles. The lowest BCUT2D eigenvalue weighted by Crippen LogP contribution is -2.15. The summed E-state index contributed by atoms with van der Waals surface area (Å²) in [5.74, 6) is 0. The van der Waals surface area contributed by atoms with Crippen LogP contribution in [0.15, 0.2) is 48.5 Å². The van der Waals surface area contributed by atoms with Gasteiger partial charge in [0.1, 0.15) is 0 Å². The van der Waals surface area contributed by atoms with Gasteiger partial charge in [-0.15, -0.1) is 0 Å². The summed E-state index contributed by atoms with van der Waals surface area (Å²) in [6.45, 7) is 4.36. The van der Waals surface area contributed by atoms with Crippen LogP contribution in [0, 0.1) is 0 Å². The third-order valence-electron chi connectivity index (χ3n) is 3.72. The zero-order valence-electron chi connectivity index (χ0n) is 11.9. The van der Waals surface area contributed by atoms with Crippen molar-refractivity contribution in [2.45, 2.75) is 39.2 Å². The van der Waals surface area contributed by atoms with Crippen LogP contribution >= 0.6 is 0 Å². The van der Waals surface area contributed by atoms with E-state index in [4.69, 9.17) is 5.73 Å². The highest BCUT2D eigenvalue weighted by Gasteiger charge is 2.10. The minimum absolute atomic E-state index is 0.0867. The van der Waals surface area contributed by atoms with Crippen molar-refractivity contribution in [1.29, 1.82) is 0 Å². The van der Waals surface area contributed by atoms with E-state index in [1.165, 1.54) is 22.3 Å². The molecule has 19 heavy (non-hydrogen) atoms. The molecule has 1 heteroatoms. The van der Waals surface area contributed by atoms with Gasteiger partial charge in [-0.2, -0.15) is 0 Å². The normalized spacial score (nSPS) is 12.4. The number of aryl methyl sites for hydroxylation is 2. The topological polar surface area (TPSA) is 26.0 Å². The van der Waals surface area contributed by atoms with Gasteiger partial charge in [-0.25, -0.2) is 0 Å². The third-order valence-corrected chi connectivity index (χ3v) is 3.72. The average Bonchev–Trinajstić information content (AvgIpc) is 2.48. The van der Waals surface area contributed by atoms with E-state index < -0.39 is 0 Å². The van der Waals surface area contributed by atoms with Crippen LogP contribution in [0.25, 0.3) is 0 Å². The summed E-state index contributed by atoms with van der Waals surface area (Å²) in [5, 5.41) is 0. The molecule has 2 rings (SSSR count). The maximum Gasteiger partial charge on any atom is 0.0338 e. The second-order valence-electron chi connectivity index (χ2n) is 5.03. The van der Waals surface area contributed by atoms with Gasteiger partial charge < -0.3 is 5.73 Å². The molecule has 2 aromatic rings. The Kier molecular flexibility index (Phi) is 4.75. The Morgan fingerprint density at radius 1 is 0.842 bits per heavy atom. The molecule has 0 aliphatic heterocycles. The van der Waals surface area contributed by atoms with Crippen LogP contribution < -0.4 is 5.73 Å². The lowest BCUT2D eigenvalue weighted by atomic mass is 9.94. The van der Waals surface area contributed by atoms with Crippen molar-refractivity contribution in [1.82, 2.24) is 0 Å². The van der Waals surface area contributed by atoms with Gasteiger partial charge in [0, 0.05) is 6.04 Å². The summed E-state index contributed by atoms with van der Waals surface area (Å²) in [6, 6.07) is 17.4. The largest absolute Gasteiger partial charge is 0.324 e. The molecule has 0 amide bonds. The molecule has 2 N–H and O–H groups in total. The van der Waals surface area contributed by atoms with Crippen LogP contribution in [-0.2, 0) is 19.3 Å². The van der Waals surface area contributed by atoms with Gasteiger partial charge in [0.25, 0.3) is 0 Å². The molecule has 1 nitrogen and oxygen atoms in total.